The van der Waals surface area contributed by atoms with Crippen molar-refractivity contribution in [3.05, 3.63) is 45.3 Å². The number of thiophene rings is 1. The van der Waals surface area contributed by atoms with Crippen LogP contribution in [0.1, 0.15) is 52.9 Å². The highest BCUT2D eigenvalue weighted by molar-refractivity contribution is 7.17. The zero-order valence-electron chi connectivity index (χ0n) is 17.3. The van der Waals surface area contributed by atoms with Crippen molar-refractivity contribution in [1.82, 2.24) is 0 Å². The molecule has 2 atom stereocenters. The Kier molecular flexibility index (Phi) is 6.34. The summed E-state index contributed by atoms with van der Waals surface area (Å²) in [7, 11) is 1.71. The second kappa shape index (κ2) is 9.01. The molecule has 0 saturated heterocycles. The van der Waals surface area contributed by atoms with Crippen molar-refractivity contribution in [2.75, 3.05) is 17.3 Å². The fourth-order valence-corrected chi connectivity index (χ4v) is 6.02. The first-order valence-electron chi connectivity index (χ1n) is 10.6. The molecule has 6 nitrogen and oxygen atoms in total. The van der Waals surface area contributed by atoms with Gasteiger partial charge in [-0.3, -0.25) is 14.4 Å². The van der Waals surface area contributed by atoms with Crippen molar-refractivity contribution >= 4 is 51.4 Å². The number of fused-ring (bicyclic) bond motifs is 1. The van der Waals surface area contributed by atoms with Gasteiger partial charge in [-0.1, -0.05) is 24.4 Å². The third-order valence-corrected chi connectivity index (χ3v) is 7.77. The summed E-state index contributed by atoms with van der Waals surface area (Å²) in [6.07, 6.45) is 5.42. The molecule has 1 aromatic heterocycles. The van der Waals surface area contributed by atoms with Crippen LogP contribution < -0.4 is 10.2 Å². The molecule has 0 aliphatic heterocycles. The summed E-state index contributed by atoms with van der Waals surface area (Å²) in [5.74, 6) is -2.64. The first kappa shape index (κ1) is 21.8. The number of halogens is 1. The van der Waals surface area contributed by atoms with Crippen molar-refractivity contribution in [2.45, 2.75) is 44.9 Å². The Balaban J connectivity index is 1.62. The summed E-state index contributed by atoms with van der Waals surface area (Å²) >= 11 is 7.42. The van der Waals surface area contributed by atoms with Crippen LogP contribution in [-0.4, -0.2) is 29.9 Å². The number of amides is 2. The molecular weight excluding hydrogens is 436 g/mol. The van der Waals surface area contributed by atoms with Crippen LogP contribution in [-0.2, 0) is 22.4 Å². The summed E-state index contributed by atoms with van der Waals surface area (Å²) in [5.41, 5.74) is 2.25. The minimum atomic E-state index is -0.924. The molecule has 2 aliphatic rings. The van der Waals surface area contributed by atoms with Crippen LogP contribution in [0.4, 0.5) is 10.7 Å². The van der Waals surface area contributed by atoms with Crippen LogP contribution in [0.2, 0.25) is 5.02 Å². The number of carboxylic acids is 1. The van der Waals surface area contributed by atoms with E-state index in [9.17, 15) is 19.5 Å². The highest BCUT2D eigenvalue weighted by atomic mass is 35.5. The number of benzene rings is 1. The van der Waals surface area contributed by atoms with Gasteiger partial charge in [0.2, 0.25) is 5.91 Å². The second-order valence-electron chi connectivity index (χ2n) is 8.23. The Morgan fingerprint density at radius 3 is 2.42 bits per heavy atom. The number of anilines is 2. The molecule has 1 fully saturated rings. The summed E-state index contributed by atoms with van der Waals surface area (Å²) < 4.78 is 0. The largest absolute Gasteiger partial charge is 0.481 e. The molecule has 2 aromatic rings. The molecule has 2 unspecified atom stereocenters. The fourth-order valence-electron chi connectivity index (χ4n) is 4.61. The number of aryl methyl sites for hydroxylation is 1. The molecule has 0 radical (unpaired) electrons. The van der Waals surface area contributed by atoms with Crippen LogP contribution >= 0.6 is 22.9 Å². The molecular formula is C23H25ClN2O4S. The summed E-state index contributed by atoms with van der Waals surface area (Å²) in [4.78, 5) is 40.8. The molecule has 164 valence electrons. The van der Waals surface area contributed by atoms with Crippen LogP contribution in [0.3, 0.4) is 0 Å². The molecule has 2 N–H and O–H groups in total. The molecule has 2 amide bonds. The maximum Gasteiger partial charge on any atom is 0.307 e. The standard InChI is InChI=1S/C23H25ClN2O4S/c1-26(14-11-9-13(24)10-12-14)22(28)19-17-7-4-8-18(17)31-21(19)25-20(27)15-5-2-3-6-16(15)23(29)30/h9-12,15-16H,2-8H2,1H3,(H,25,27)(H,29,30). The number of hydrogen-bond donors (Lipinski definition) is 2. The number of carbonyl (C=O) groups is 3. The number of aliphatic carboxylic acids is 1. The predicted molar refractivity (Wildman–Crippen MR) is 122 cm³/mol. The lowest BCUT2D eigenvalue weighted by molar-refractivity contribution is -0.147. The zero-order chi connectivity index (χ0) is 22.1. The molecule has 0 bridgehead atoms. The molecule has 1 aromatic carbocycles. The normalized spacial score (nSPS) is 20.2. The Morgan fingerprint density at radius 1 is 1.06 bits per heavy atom. The third-order valence-electron chi connectivity index (χ3n) is 6.31. The number of carboxylic acid groups (broad SMARTS) is 1. The van der Waals surface area contributed by atoms with Crippen LogP contribution in [0, 0.1) is 11.8 Å². The molecule has 1 heterocycles. The highest BCUT2D eigenvalue weighted by Crippen LogP contribution is 2.41. The second-order valence-corrected chi connectivity index (χ2v) is 9.77. The van der Waals surface area contributed by atoms with Crippen molar-refractivity contribution in [3.8, 4) is 0 Å². The molecule has 4 rings (SSSR count). The fraction of sp³-hybridized carbons (Fsp3) is 0.435. The smallest absolute Gasteiger partial charge is 0.307 e. The Morgan fingerprint density at radius 2 is 1.74 bits per heavy atom. The number of nitrogens with one attached hydrogen (secondary N) is 1. The average Bonchev–Trinajstić information content (AvgIpc) is 3.34. The minimum Gasteiger partial charge on any atom is -0.481 e. The minimum absolute atomic E-state index is 0.185. The third kappa shape index (κ3) is 4.34. The van der Waals surface area contributed by atoms with E-state index < -0.39 is 17.8 Å². The number of nitrogens with zero attached hydrogens (tertiary/aromatic N) is 1. The van der Waals surface area contributed by atoms with E-state index in [4.69, 9.17) is 11.6 Å². The zero-order valence-corrected chi connectivity index (χ0v) is 18.9. The van der Waals surface area contributed by atoms with E-state index in [2.05, 4.69) is 5.32 Å². The SMILES string of the molecule is CN(C(=O)c1c(NC(=O)C2CCCCC2C(=O)O)sc2c1CCC2)c1ccc(Cl)cc1. The van der Waals surface area contributed by atoms with Crippen LogP contribution in [0.25, 0.3) is 0 Å². The first-order chi connectivity index (χ1) is 14.9. The molecule has 8 heteroatoms. The van der Waals surface area contributed by atoms with Gasteiger partial charge in [0.1, 0.15) is 5.00 Å². The monoisotopic (exact) mass is 460 g/mol. The Bertz CT molecular complexity index is 1020. The van der Waals surface area contributed by atoms with Gasteiger partial charge in [0, 0.05) is 22.6 Å². The highest BCUT2D eigenvalue weighted by Gasteiger charge is 2.37. The molecule has 0 spiro atoms. The summed E-state index contributed by atoms with van der Waals surface area (Å²) in [6, 6.07) is 7.03. The van der Waals surface area contributed by atoms with Crippen molar-refractivity contribution < 1.29 is 19.5 Å². The molecule has 1 saturated carbocycles. The van der Waals surface area contributed by atoms with E-state index in [0.29, 0.717) is 34.1 Å². The molecule has 2 aliphatic carbocycles. The molecule has 31 heavy (non-hydrogen) atoms. The predicted octanol–water partition coefficient (Wildman–Crippen LogP) is 5.00. The van der Waals surface area contributed by atoms with Crippen LogP contribution in [0.5, 0.6) is 0 Å². The van der Waals surface area contributed by atoms with E-state index in [1.807, 2.05) is 0 Å². The van der Waals surface area contributed by atoms with E-state index in [1.54, 1.807) is 36.2 Å². The van der Waals surface area contributed by atoms with Crippen molar-refractivity contribution in [1.29, 1.82) is 0 Å². The van der Waals surface area contributed by atoms with Crippen molar-refractivity contribution in [3.63, 3.8) is 0 Å². The van der Waals surface area contributed by atoms with E-state index in [-0.39, 0.29) is 11.8 Å². The Labute approximate surface area is 190 Å². The van der Waals surface area contributed by atoms with E-state index in [0.717, 1.165) is 42.5 Å². The maximum absolute atomic E-state index is 13.5. The van der Waals surface area contributed by atoms with Gasteiger partial charge in [-0.15, -0.1) is 11.3 Å². The number of hydrogen-bond acceptors (Lipinski definition) is 4. The van der Waals surface area contributed by atoms with Gasteiger partial charge in [0.05, 0.1) is 17.4 Å². The lowest BCUT2D eigenvalue weighted by Crippen LogP contribution is -2.36. The number of rotatable bonds is 5. The lowest BCUT2D eigenvalue weighted by Gasteiger charge is -2.27. The van der Waals surface area contributed by atoms with E-state index >= 15 is 0 Å². The van der Waals surface area contributed by atoms with Crippen LogP contribution in [0.15, 0.2) is 24.3 Å². The van der Waals surface area contributed by atoms with Gasteiger partial charge >= 0.3 is 5.97 Å². The van der Waals surface area contributed by atoms with Gasteiger partial charge in [-0.25, -0.2) is 0 Å². The van der Waals surface area contributed by atoms with Gasteiger partial charge in [-0.2, -0.15) is 0 Å². The van der Waals surface area contributed by atoms with Crippen molar-refractivity contribution in [2.24, 2.45) is 11.8 Å². The summed E-state index contributed by atoms with van der Waals surface area (Å²) in [5, 5.41) is 13.6. The quantitative estimate of drug-likeness (QED) is 0.657. The Hall–Kier alpha value is -2.38. The van der Waals surface area contributed by atoms with E-state index in [1.165, 1.54) is 11.3 Å². The lowest BCUT2D eigenvalue weighted by atomic mass is 9.79. The van der Waals surface area contributed by atoms with Gasteiger partial charge in [-0.05, 0) is 61.9 Å². The topological polar surface area (TPSA) is 86.7 Å². The number of carbonyl (C=O) groups excluding carboxylic acids is 2. The summed E-state index contributed by atoms with van der Waals surface area (Å²) in [6.45, 7) is 0. The first-order valence-corrected chi connectivity index (χ1v) is 11.8. The van der Waals surface area contributed by atoms with Gasteiger partial charge in [0.15, 0.2) is 0 Å². The van der Waals surface area contributed by atoms with Gasteiger partial charge < -0.3 is 15.3 Å². The average molecular weight is 461 g/mol. The maximum atomic E-state index is 13.5. The van der Waals surface area contributed by atoms with Gasteiger partial charge in [0.25, 0.3) is 5.91 Å².